The largest absolute Gasteiger partial charge is 0.392 e. The highest BCUT2D eigenvalue weighted by atomic mass is 16.3. The summed E-state index contributed by atoms with van der Waals surface area (Å²) >= 11 is 0. The second-order valence-electron chi connectivity index (χ2n) is 5.97. The van der Waals surface area contributed by atoms with Crippen LogP contribution in [0.4, 0.5) is 5.69 Å². The minimum Gasteiger partial charge on any atom is -0.392 e. The minimum atomic E-state index is -0.306. The van der Waals surface area contributed by atoms with Gasteiger partial charge in [-0.05, 0) is 51.8 Å². The monoisotopic (exact) mass is 324 g/mol. The van der Waals surface area contributed by atoms with Gasteiger partial charge in [0.15, 0.2) is 0 Å². The molecule has 0 radical (unpaired) electrons. The Labute approximate surface area is 145 Å². The number of rotatable bonds is 7. The van der Waals surface area contributed by atoms with Crippen molar-refractivity contribution in [2.75, 3.05) is 25.0 Å². The molecule has 0 fully saturated rings. The molecule has 0 spiro atoms. The Kier molecular flexibility index (Phi) is 14.1. The highest BCUT2D eigenvalue weighted by Crippen LogP contribution is 2.17. The molecule has 23 heavy (non-hydrogen) atoms. The number of anilines is 1. The van der Waals surface area contributed by atoms with E-state index in [2.05, 4.69) is 62.3 Å². The Hall–Kier alpha value is -1.06. The Morgan fingerprint density at radius 1 is 1.09 bits per heavy atom. The normalized spacial score (nSPS) is 11.6. The zero-order valence-electron chi connectivity index (χ0n) is 16.9. The van der Waals surface area contributed by atoms with Crippen LogP contribution in [0.15, 0.2) is 24.3 Å². The molecule has 3 heteroatoms. The molecule has 1 rings (SSSR count). The molecule has 0 aliphatic heterocycles. The van der Waals surface area contributed by atoms with Crippen molar-refractivity contribution in [2.45, 2.75) is 73.5 Å². The average Bonchev–Trinajstić information content (AvgIpc) is 2.56. The van der Waals surface area contributed by atoms with Crippen LogP contribution in [0.3, 0.4) is 0 Å². The average molecular weight is 325 g/mol. The lowest BCUT2D eigenvalue weighted by Gasteiger charge is -2.27. The van der Waals surface area contributed by atoms with Crippen molar-refractivity contribution in [2.24, 2.45) is 0 Å². The van der Waals surface area contributed by atoms with E-state index in [1.165, 1.54) is 11.3 Å². The molecule has 1 unspecified atom stereocenters. The molecule has 1 aromatic rings. The van der Waals surface area contributed by atoms with Crippen molar-refractivity contribution in [1.29, 1.82) is 0 Å². The maximum absolute atomic E-state index is 9.34. The van der Waals surface area contributed by atoms with E-state index in [1.54, 1.807) is 6.92 Å². The summed E-state index contributed by atoms with van der Waals surface area (Å²) in [5.74, 6) is 0. The highest BCUT2D eigenvalue weighted by Gasteiger charge is 2.18. The Bertz CT molecular complexity index is 372. The van der Waals surface area contributed by atoms with Crippen molar-refractivity contribution >= 4 is 5.69 Å². The van der Waals surface area contributed by atoms with E-state index in [4.69, 9.17) is 0 Å². The second-order valence-corrected chi connectivity index (χ2v) is 5.97. The standard InChI is InChI=1S/C16H28N2O.2C2H6/c1-6-18(5)15-9-7-14(8-10-15)11-16(3,4)17-12-13(2)19;2*1-2/h7-10,13,17,19H,6,11-12H2,1-5H3;2*1-2H3. The number of aliphatic hydroxyl groups is 1. The summed E-state index contributed by atoms with van der Waals surface area (Å²) in [7, 11) is 2.10. The van der Waals surface area contributed by atoms with Crippen molar-refractivity contribution in [3.05, 3.63) is 29.8 Å². The molecular formula is C20H40N2O. The van der Waals surface area contributed by atoms with Crippen LogP contribution in [0.1, 0.15) is 61.0 Å². The molecule has 0 saturated carbocycles. The van der Waals surface area contributed by atoms with Crippen molar-refractivity contribution in [1.82, 2.24) is 5.32 Å². The summed E-state index contributed by atoms with van der Waals surface area (Å²) in [5, 5.41) is 12.7. The van der Waals surface area contributed by atoms with Gasteiger partial charge in [0.1, 0.15) is 0 Å². The minimum absolute atomic E-state index is 0.00480. The molecule has 0 aliphatic rings. The third-order valence-corrected chi connectivity index (χ3v) is 3.37. The summed E-state index contributed by atoms with van der Waals surface area (Å²) < 4.78 is 0. The van der Waals surface area contributed by atoms with Crippen molar-refractivity contribution in [3.63, 3.8) is 0 Å². The van der Waals surface area contributed by atoms with Gasteiger partial charge < -0.3 is 15.3 Å². The maximum Gasteiger partial charge on any atom is 0.0636 e. The first-order chi connectivity index (χ1) is 10.8. The quantitative estimate of drug-likeness (QED) is 0.776. The van der Waals surface area contributed by atoms with E-state index in [9.17, 15) is 5.11 Å². The van der Waals surface area contributed by atoms with Crippen LogP contribution >= 0.6 is 0 Å². The van der Waals surface area contributed by atoms with Gasteiger partial charge in [-0.2, -0.15) is 0 Å². The second kappa shape index (κ2) is 13.4. The number of nitrogens with zero attached hydrogens (tertiary/aromatic N) is 1. The number of nitrogens with one attached hydrogen (secondary N) is 1. The fourth-order valence-corrected chi connectivity index (χ4v) is 2.05. The lowest BCUT2D eigenvalue weighted by Crippen LogP contribution is -2.44. The highest BCUT2D eigenvalue weighted by molar-refractivity contribution is 5.46. The van der Waals surface area contributed by atoms with Crippen LogP contribution in [0, 0.1) is 0 Å². The van der Waals surface area contributed by atoms with Gasteiger partial charge in [0.25, 0.3) is 0 Å². The number of aliphatic hydroxyl groups excluding tert-OH is 1. The summed E-state index contributed by atoms with van der Waals surface area (Å²) in [5.41, 5.74) is 2.56. The molecule has 2 N–H and O–H groups in total. The zero-order chi connectivity index (χ0) is 18.5. The Balaban J connectivity index is 0. The fraction of sp³-hybridized carbons (Fsp3) is 0.700. The Morgan fingerprint density at radius 2 is 1.57 bits per heavy atom. The number of benzene rings is 1. The van der Waals surface area contributed by atoms with Gasteiger partial charge in [-0.25, -0.2) is 0 Å². The molecule has 136 valence electrons. The molecule has 0 bridgehead atoms. The van der Waals surface area contributed by atoms with Gasteiger partial charge in [0.2, 0.25) is 0 Å². The van der Waals surface area contributed by atoms with Gasteiger partial charge in [-0.15, -0.1) is 0 Å². The predicted molar refractivity (Wildman–Crippen MR) is 106 cm³/mol. The van der Waals surface area contributed by atoms with E-state index in [0.29, 0.717) is 6.54 Å². The molecule has 1 aromatic carbocycles. The van der Waals surface area contributed by atoms with Gasteiger partial charge in [-0.3, -0.25) is 0 Å². The van der Waals surface area contributed by atoms with Crippen LogP contribution in [0.2, 0.25) is 0 Å². The Morgan fingerprint density at radius 3 is 1.96 bits per heavy atom. The van der Waals surface area contributed by atoms with Gasteiger partial charge in [0.05, 0.1) is 6.10 Å². The third-order valence-electron chi connectivity index (χ3n) is 3.37. The molecule has 0 aromatic heterocycles. The smallest absolute Gasteiger partial charge is 0.0636 e. The van der Waals surface area contributed by atoms with Crippen LogP contribution in [-0.2, 0) is 6.42 Å². The molecule has 0 amide bonds. The molecule has 0 saturated heterocycles. The summed E-state index contributed by atoms with van der Waals surface area (Å²) in [6, 6.07) is 8.72. The first-order valence-corrected chi connectivity index (χ1v) is 9.07. The number of β-amino-alcohol motifs (C(OH)–C–C–N with tert-alkyl or cyclic N) is 1. The van der Waals surface area contributed by atoms with Crippen LogP contribution < -0.4 is 10.2 Å². The van der Waals surface area contributed by atoms with Crippen molar-refractivity contribution < 1.29 is 5.11 Å². The molecule has 0 heterocycles. The van der Waals surface area contributed by atoms with Gasteiger partial charge >= 0.3 is 0 Å². The summed E-state index contributed by atoms with van der Waals surface area (Å²) in [6.45, 7) is 17.9. The van der Waals surface area contributed by atoms with Crippen LogP contribution in [0.5, 0.6) is 0 Å². The lowest BCUT2D eigenvalue weighted by atomic mass is 9.94. The molecule has 0 aliphatic carbocycles. The van der Waals surface area contributed by atoms with E-state index >= 15 is 0 Å². The zero-order valence-corrected chi connectivity index (χ0v) is 16.9. The SMILES string of the molecule is CC.CC.CCN(C)c1ccc(CC(C)(C)NCC(C)O)cc1. The predicted octanol–water partition coefficient (Wildman–Crippen LogP) is 4.49. The first-order valence-electron chi connectivity index (χ1n) is 9.07. The van der Waals surface area contributed by atoms with Gasteiger partial charge in [-0.1, -0.05) is 39.8 Å². The number of hydrogen-bond donors (Lipinski definition) is 2. The molecule has 3 nitrogen and oxygen atoms in total. The maximum atomic E-state index is 9.34. The van der Waals surface area contributed by atoms with Crippen LogP contribution in [-0.4, -0.2) is 36.9 Å². The summed E-state index contributed by atoms with van der Waals surface area (Å²) in [6.07, 6.45) is 0.649. The van der Waals surface area contributed by atoms with E-state index in [1.807, 2.05) is 27.7 Å². The van der Waals surface area contributed by atoms with Crippen molar-refractivity contribution in [3.8, 4) is 0 Å². The van der Waals surface area contributed by atoms with Gasteiger partial charge in [0, 0.05) is 31.4 Å². The molecule has 1 atom stereocenters. The number of hydrogen-bond acceptors (Lipinski definition) is 3. The third kappa shape index (κ3) is 11.2. The first kappa shape index (κ1) is 24.2. The van der Waals surface area contributed by atoms with E-state index in [-0.39, 0.29) is 11.6 Å². The molecular weight excluding hydrogens is 284 g/mol. The fourth-order valence-electron chi connectivity index (χ4n) is 2.05. The summed E-state index contributed by atoms with van der Waals surface area (Å²) in [4.78, 5) is 2.22. The van der Waals surface area contributed by atoms with Crippen LogP contribution in [0.25, 0.3) is 0 Å². The van der Waals surface area contributed by atoms with E-state index < -0.39 is 0 Å². The van der Waals surface area contributed by atoms with E-state index in [0.717, 1.165) is 13.0 Å². The topological polar surface area (TPSA) is 35.5 Å². The lowest BCUT2D eigenvalue weighted by molar-refractivity contribution is 0.176.